The van der Waals surface area contributed by atoms with Crippen LogP contribution in [0, 0.1) is 5.41 Å². The van der Waals surface area contributed by atoms with Gasteiger partial charge in [-0.3, -0.25) is 19.2 Å². The maximum absolute atomic E-state index is 14.8. The highest BCUT2D eigenvalue weighted by molar-refractivity contribution is 5.75. The lowest BCUT2D eigenvalue weighted by Gasteiger charge is -2.41. The van der Waals surface area contributed by atoms with Crippen LogP contribution in [0.2, 0.25) is 0 Å². The van der Waals surface area contributed by atoms with E-state index >= 15 is 0 Å². The summed E-state index contributed by atoms with van der Waals surface area (Å²) in [6.45, 7) is 50.7. The summed E-state index contributed by atoms with van der Waals surface area (Å²) < 4.78 is 25.2. The number of phenolic OH excluding ortho intramolecular Hbond substituents is 4. The first-order valence-corrected chi connectivity index (χ1v) is 30.5. The van der Waals surface area contributed by atoms with Crippen LogP contribution in [0.15, 0.2) is 48.5 Å². The fourth-order valence-electron chi connectivity index (χ4n) is 10.4. The summed E-state index contributed by atoms with van der Waals surface area (Å²) in [7, 11) is 0. The highest BCUT2D eigenvalue weighted by Gasteiger charge is 2.58. The molecule has 472 valence electrons. The van der Waals surface area contributed by atoms with Gasteiger partial charge in [0.05, 0.1) is 0 Å². The minimum atomic E-state index is -2.81. The van der Waals surface area contributed by atoms with Crippen molar-refractivity contribution in [3.05, 3.63) is 115 Å². The third kappa shape index (κ3) is 18.5. The molecule has 0 aliphatic rings. The van der Waals surface area contributed by atoms with Crippen molar-refractivity contribution in [1.82, 2.24) is 0 Å². The SMILES string of the molecule is CC(C)(C)c1cc(CCC(=O)OCC(C)(C)C(OC(=O)CCc2cc(C(C)(C)C)c(O)c(C(C)(C)C)c2)(OC(=O)CCc2cc(C(C)(C)C)c(O)c(C(C)(C)C)c2)OC(=O)CCc2cc(C(C)(C)C)c(O)c(C(C)(C)C)c2)cc(C(C)(C)C)c1O. The summed E-state index contributed by atoms with van der Waals surface area (Å²) in [6.07, 6.45) is -0.264. The van der Waals surface area contributed by atoms with Crippen LogP contribution in [-0.2, 0) is 107 Å². The molecule has 0 atom stereocenters. The average molecular weight is 1180 g/mol. The van der Waals surface area contributed by atoms with Gasteiger partial charge in [-0.15, -0.1) is 0 Å². The van der Waals surface area contributed by atoms with Crippen molar-refractivity contribution in [2.75, 3.05) is 6.61 Å². The molecule has 0 saturated carbocycles. The molecule has 0 heterocycles. The second-order valence-corrected chi connectivity index (χ2v) is 32.7. The summed E-state index contributed by atoms with van der Waals surface area (Å²) in [5.74, 6) is -5.33. The molecule has 0 fully saturated rings. The second kappa shape index (κ2) is 25.4. The quantitative estimate of drug-likeness (QED) is 0.0546. The zero-order chi connectivity index (χ0) is 65.4. The number of carbonyl (C=O) groups is 4. The Labute approximate surface area is 511 Å². The molecule has 0 amide bonds. The molecular formula is C73H108O12. The lowest BCUT2D eigenvalue weighted by Crippen LogP contribution is -2.57. The van der Waals surface area contributed by atoms with E-state index in [2.05, 4.69) is 0 Å². The Morgan fingerprint density at radius 2 is 0.459 bits per heavy atom. The van der Waals surface area contributed by atoms with E-state index in [1.165, 1.54) is 0 Å². The predicted octanol–water partition coefficient (Wildman–Crippen LogP) is 16.6. The van der Waals surface area contributed by atoms with Gasteiger partial charge in [0, 0.05) is 25.7 Å². The maximum atomic E-state index is 14.8. The first kappa shape index (κ1) is 71.4. The van der Waals surface area contributed by atoms with E-state index in [0.29, 0.717) is 33.4 Å². The van der Waals surface area contributed by atoms with Crippen molar-refractivity contribution in [3.63, 3.8) is 0 Å². The number of hydrogen-bond acceptors (Lipinski definition) is 12. The molecule has 4 aromatic carbocycles. The second-order valence-electron chi connectivity index (χ2n) is 32.7. The molecule has 4 rings (SSSR count). The van der Waals surface area contributed by atoms with E-state index < -0.39 is 85.2 Å². The largest absolute Gasteiger partial charge is 0.507 e. The Balaban J connectivity index is 1.89. The van der Waals surface area contributed by atoms with Gasteiger partial charge < -0.3 is 39.4 Å². The number of phenols is 4. The molecule has 0 spiro atoms. The number of esters is 4. The Bertz CT molecular complexity index is 2700. The number of benzene rings is 4. The van der Waals surface area contributed by atoms with Crippen LogP contribution in [0.3, 0.4) is 0 Å². The Kier molecular flexibility index (Phi) is 21.3. The zero-order valence-electron chi connectivity index (χ0n) is 57.0. The minimum absolute atomic E-state index is 0.0837. The smallest absolute Gasteiger partial charge is 0.432 e. The lowest BCUT2D eigenvalue weighted by atomic mass is 9.78. The number of hydrogen-bond donors (Lipinski definition) is 4. The van der Waals surface area contributed by atoms with Crippen LogP contribution in [-0.4, -0.2) is 56.9 Å². The molecule has 4 N–H and O–H groups in total. The number of rotatable bonds is 18. The number of aryl methyl sites for hydroxylation is 4. The summed E-state index contributed by atoms with van der Waals surface area (Å²) in [6, 6.07) is 15.1. The van der Waals surface area contributed by atoms with Gasteiger partial charge >= 0.3 is 29.9 Å². The number of aromatic hydroxyl groups is 4. The Hall–Kier alpha value is -6.04. The molecule has 0 aromatic heterocycles. The van der Waals surface area contributed by atoms with Gasteiger partial charge in [0.2, 0.25) is 0 Å². The molecule has 0 saturated heterocycles. The van der Waals surface area contributed by atoms with Gasteiger partial charge in [-0.25, -0.2) is 0 Å². The van der Waals surface area contributed by atoms with E-state index in [-0.39, 0.29) is 74.4 Å². The van der Waals surface area contributed by atoms with Gasteiger partial charge in [-0.1, -0.05) is 215 Å². The third-order valence-corrected chi connectivity index (χ3v) is 15.8. The number of ether oxygens (including phenoxy) is 4. The monoisotopic (exact) mass is 1180 g/mol. The highest BCUT2D eigenvalue weighted by atomic mass is 16.9. The number of carbonyl (C=O) groups excluding carboxylic acids is 4. The summed E-state index contributed by atoms with van der Waals surface area (Å²) in [4.78, 5) is 58.5. The topological polar surface area (TPSA) is 186 Å². The highest BCUT2D eigenvalue weighted by Crippen LogP contribution is 2.46. The van der Waals surface area contributed by atoms with Crippen LogP contribution < -0.4 is 0 Å². The molecule has 0 aliphatic heterocycles. The minimum Gasteiger partial charge on any atom is -0.507 e. The third-order valence-electron chi connectivity index (χ3n) is 15.8. The summed E-state index contributed by atoms with van der Waals surface area (Å²) in [5, 5.41) is 46.0. The van der Waals surface area contributed by atoms with Gasteiger partial charge in [-0.2, -0.15) is 0 Å². The van der Waals surface area contributed by atoms with Gasteiger partial charge in [0.25, 0.3) is 0 Å². The van der Waals surface area contributed by atoms with Crippen LogP contribution >= 0.6 is 0 Å². The first-order chi connectivity index (χ1) is 38.2. The van der Waals surface area contributed by atoms with Crippen molar-refractivity contribution in [3.8, 4) is 23.0 Å². The molecule has 0 unspecified atom stereocenters. The van der Waals surface area contributed by atoms with E-state index in [1.807, 2.05) is 215 Å². The average Bonchev–Trinajstić information content (AvgIpc) is 2.58. The molecule has 12 nitrogen and oxygen atoms in total. The standard InChI is InChI=1S/C73H108O12/c1-64(2,3)48-35-44(36-49(60(48)78)65(4,5)6)27-31-56(74)82-43-72(25,26)73(83-57(75)32-28-45-37-50(66(7,8)9)61(79)51(38-45)67(10,11)12,84-58(76)33-29-46-39-52(68(13,14)15)62(80)53(40-46)69(16,17)18)85-59(77)34-30-47-41-54(70(19,20)21)63(81)55(42-47)71(22,23)24/h35-42,78-81H,27-34,43H2,1-26H3. The van der Waals surface area contributed by atoms with Crippen LogP contribution in [0.4, 0.5) is 0 Å². The molecular weight excluding hydrogens is 1070 g/mol. The van der Waals surface area contributed by atoms with Crippen molar-refractivity contribution < 1.29 is 58.6 Å². The van der Waals surface area contributed by atoms with E-state index in [4.69, 9.17) is 18.9 Å². The molecule has 0 radical (unpaired) electrons. The van der Waals surface area contributed by atoms with E-state index in [9.17, 15) is 39.6 Å². The summed E-state index contributed by atoms with van der Waals surface area (Å²) in [5.41, 5.74) is 3.43. The normalized spacial score (nSPS) is 13.4. The van der Waals surface area contributed by atoms with Crippen LogP contribution in [0.25, 0.3) is 0 Å². The van der Waals surface area contributed by atoms with Crippen molar-refractivity contribution in [2.24, 2.45) is 5.41 Å². The molecule has 85 heavy (non-hydrogen) atoms. The maximum Gasteiger partial charge on any atom is 0.432 e. The summed E-state index contributed by atoms with van der Waals surface area (Å²) >= 11 is 0. The van der Waals surface area contributed by atoms with Crippen LogP contribution in [0.1, 0.15) is 272 Å². The van der Waals surface area contributed by atoms with Crippen molar-refractivity contribution in [1.29, 1.82) is 0 Å². The lowest BCUT2D eigenvalue weighted by molar-refractivity contribution is -0.377. The van der Waals surface area contributed by atoms with Gasteiger partial charge in [0.1, 0.15) is 35.0 Å². The molecule has 0 aliphatic carbocycles. The Morgan fingerprint density at radius 1 is 0.294 bits per heavy atom. The van der Waals surface area contributed by atoms with Gasteiger partial charge in [-0.05, 0) is 150 Å². The first-order valence-electron chi connectivity index (χ1n) is 30.5. The fraction of sp³-hybridized carbons (Fsp3) is 0.616. The van der Waals surface area contributed by atoms with Crippen molar-refractivity contribution in [2.45, 2.75) is 281 Å². The van der Waals surface area contributed by atoms with Crippen LogP contribution in [0.5, 0.6) is 23.0 Å². The van der Waals surface area contributed by atoms with Gasteiger partial charge in [0.15, 0.2) is 0 Å². The van der Waals surface area contributed by atoms with Crippen molar-refractivity contribution >= 4 is 23.9 Å². The fourth-order valence-corrected chi connectivity index (χ4v) is 10.4. The molecule has 4 aromatic rings. The Morgan fingerprint density at radius 3 is 0.624 bits per heavy atom. The van der Waals surface area contributed by atoms with E-state index in [1.54, 1.807) is 13.8 Å². The zero-order valence-corrected chi connectivity index (χ0v) is 57.0. The molecule has 0 bridgehead atoms. The predicted molar refractivity (Wildman–Crippen MR) is 341 cm³/mol. The van der Waals surface area contributed by atoms with E-state index in [0.717, 1.165) is 33.4 Å². The molecule has 12 heteroatoms.